The van der Waals surface area contributed by atoms with Crippen LogP contribution in [0.25, 0.3) is 0 Å². The lowest BCUT2D eigenvalue weighted by atomic mass is 9.96. The molecule has 0 bridgehead atoms. The van der Waals surface area contributed by atoms with Crippen LogP contribution in [0.3, 0.4) is 0 Å². The number of rotatable bonds is 2. The summed E-state index contributed by atoms with van der Waals surface area (Å²) >= 11 is 0. The number of methoxy groups -OCH3 is 1. The smallest absolute Gasteiger partial charge is 0.227 e. The number of nitrogens with one attached hydrogen (secondary N) is 1. The van der Waals surface area contributed by atoms with E-state index in [0.29, 0.717) is 5.91 Å². The summed E-state index contributed by atoms with van der Waals surface area (Å²) in [7, 11) is 1.70. The molecule has 2 saturated heterocycles. The number of carbonyl (C=O) groups is 1. The molecule has 1 amide bonds. The van der Waals surface area contributed by atoms with Crippen LogP contribution in [0, 0.1) is 5.92 Å². The lowest BCUT2D eigenvalue weighted by Crippen LogP contribution is -2.57. The zero-order valence-corrected chi connectivity index (χ0v) is 8.66. The Kier molecular flexibility index (Phi) is 3.03. The molecule has 0 radical (unpaired) electrons. The Hall–Kier alpha value is -0.610. The molecule has 2 aliphatic heterocycles. The second-order valence-electron chi connectivity index (χ2n) is 4.14. The van der Waals surface area contributed by atoms with Gasteiger partial charge in [0.1, 0.15) is 0 Å². The number of ether oxygens (including phenoxy) is 1. The third-order valence-electron chi connectivity index (χ3n) is 3.14. The zero-order valence-electron chi connectivity index (χ0n) is 8.66. The van der Waals surface area contributed by atoms with Crippen molar-refractivity contribution >= 4 is 5.91 Å². The maximum absolute atomic E-state index is 11.9. The molecule has 4 heteroatoms. The first-order valence-corrected chi connectivity index (χ1v) is 5.33. The summed E-state index contributed by atoms with van der Waals surface area (Å²) in [6.45, 7) is 3.48. The van der Waals surface area contributed by atoms with E-state index in [4.69, 9.17) is 4.74 Å². The Labute approximate surface area is 84.6 Å². The van der Waals surface area contributed by atoms with E-state index in [1.807, 2.05) is 4.90 Å². The van der Waals surface area contributed by atoms with Crippen molar-refractivity contribution in [3.05, 3.63) is 0 Å². The summed E-state index contributed by atoms with van der Waals surface area (Å²) in [5, 5.41) is 3.27. The third kappa shape index (κ3) is 1.91. The molecule has 2 heterocycles. The highest BCUT2D eigenvalue weighted by atomic mass is 16.5. The molecule has 2 fully saturated rings. The molecule has 1 atom stereocenters. The molecule has 4 nitrogen and oxygen atoms in total. The standard InChI is InChI=1S/C10H18N2O2/c1-14-9-6-12(7-9)10(13)8-3-2-4-11-5-8/h8-9,11H,2-7H2,1H3/t8-/m1/s1. The third-order valence-corrected chi connectivity index (χ3v) is 3.14. The average Bonchev–Trinajstić information content (AvgIpc) is 2.17. The number of amides is 1. The van der Waals surface area contributed by atoms with Gasteiger partial charge in [-0.25, -0.2) is 0 Å². The Morgan fingerprint density at radius 2 is 2.29 bits per heavy atom. The molecule has 0 spiro atoms. The Morgan fingerprint density at radius 3 is 2.86 bits per heavy atom. The van der Waals surface area contributed by atoms with Gasteiger partial charge in [-0.3, -0.25) is 4.79 Å². The van der Waals surface area contributed by atoms with Gasteiger partial charge < -0.3 is 15.0 Å². The number of carbonyl (C=O) groups excluding carboxylic acids is 1. The highest BCUT2D eigenvalue weighted by molar-refractivity contribution is 5.80. The molecule has 0 aromatic heterocycles. The molecule has 0 aromatic carbocycles. The summed E-state index contributed by atoms with van der Waals surface area (Å²) in [5.74, 6) is 0.520. The first kappa shape index (κ1) is 9.93. The van der Waals surface area contributed by atoms with Crippen LogP contribution < -0.4 is 5.32 Å². The van der Waals surface area contributed by atoms with Crippen molar-refractivity contribution in [2.75, 3.05) is 33.3 Å². The van der Waals surface area contributed by atoms with Crippen LogP contribution in [0.1, 0.15) is 12.8 Å². The molecule has 0 aromatic rings. The van der Waals surface area contributed by atoms with E-state index in [0.717, 1.165) is 39.0 Å². The summed E-state index contributed by atoms with van der Waals surface area (Å²) < 4.78 is 5.14. The fourth-order valence-corrected chi connectivity index (χ4v) is 2.09. The average molecular weight is 198 g/mol. The number of hydrogen-bond donors (Lipinski definition) is 1. The second-order valence-corrected chi connectivity index (χ2v) is 4.14. The maximum atomic E-state index is 11.9. The summed E-state index contributed by atoms with van der Waals surface area (Å²) in [5.41, 5.74) is 0. The van der Waals surface area contributed by atoms with Gasteiger partial charge in [0.15, 0.2) is 0 Å². The lowest BCUT2D eigenvalue weighted by Gasteiger charge is -2.40. The van der Waals surface area contributed by atoms with Gasteiger partial charge in [-0.05, 0) is 19.4 Å². The summed E-state index contributed by atoms with van der Waals surface area (Å²) in [6.07, 6.45) is 2.44. The Bertz CT molecular complexity index is 208. The van der Waals surface area contributed by atoms with E-state index in [-0.39, 0.29) is 12.0 Å². The van der Waals surface area contributed by atoms with Gasteiger partial charge in [-0.2, -0.15) is 0 Å². The topological polar surface area (TPSA) is 41.6 Å². The van der Waals surface area contributed by atoms with Gasteiger partial charge in [-0.1, -0.05) is 0 Å². The minimum Gasteiger partial charge on any atom is -0.378 e. The van der Waals surface area contributed by atoms with Crippen LogP contribution in [0.2, 0.25) is 0 Å². The Balaban J connectivity index is 1.78. The molecule has 2 rings (SSSR count). The van der Waals surface area contributed by atoms with Gasteiger partial charge in [0.2, 0.25) is 5.91 Å². The van der Waals surface area contributed by atoms with Gasteiger partial charge in [0.05, 0.1) is 12.0 Å². The van der Waals surface area contributed by atoms with Crippen LogP contribution in [0.4, 0.5) is 0 Å². The van der Waals surface area contributed by atoms with Gasteiger partial charge in [0, 0.05) is 26.7 Å². The fourth-order valence-electron chi connectivity index (χ4n) is 2.09. The molecule has 0 saturated carbocycles. The van der Waals surface area contributed by atoms with Crippen LogP contribution in [0.5, 0.6) is 0 Å². The van der Waals surface area contributed by atoms with Gasteiger partial charge in [-0.15, -0.1) is 0 Å². The van der Waals surface area contributed by atoms with Crippen LogP contribution in [0.15, 0.2) is 0 Å². The summed E-state index contributed by atoms with van der Waals surface area (Å²) in [6, 6.07) is 0. The highest BCUT2D eigenvalue weighted by Gasteiger charge is 2.34. The van der Waals surface area contributed by atoms with Gasteiger partial charge in [0.25, 0.3) is 0 Å². The van der Waals surface area contributed by atoms with E-state index >= 15 is 0 Å². The minimum absolute atomic E-state index is 0.210. The van der Waals surface area contributed by atoms with Gasteiger partial charge >= 0.3 is 0 Å². The van der Waals surface area contributed by atoms with E-state index in [1.54, 1.807) is 7.11 Å². The highest BCUT2D eigenvalue weighted by Crippen LogP contribution is 2.18. The van der Waals surface area contributed by atoms with Crippen LogP contribution in [-0.4, -0.2) is 50.2 Å². The van der Waals surface area contributed by atoms with E-state index < -0.39 is 0 Å². The SMILES string of the molecule is COC1CN(C(=O)[C@@H]2CCCNC2)C1. The molecular weight excluding hydrogens is 180 g/mol. The molecule has 1 N–H and O–H groups in total. The fraction of sp³-hybridized carbons (Fsp3) is 0.900. The normalized spacial score (nSPS) is 28.6. The first-order chi connectivity index (χ1) is 6.81. The Morgan fingerprint density at radius 1 is 1.50 bits per heavy atom. The first-order valence-electron chi connectivity index (χ1n) is 5.33. The maximum Gasteiger partial charge on any atom is 0.227 e. The predicted molar refractivity (Wildman–Crippen MR) is 53.0 cm³/mol. The van der Waals surface area contributed by atoms with Crippen molar-refractivity contribution in [3.63, 3.8) is 0 Å². The molecule has 0 aliphatic carbocycles. The quantitative estimate of drug-likeness (QED) is 0.670. The van der Waals surface area contributed by atoms with Crippen molar-refractivity contribution in [1.29, 1.82) is 0 Å². The van der Waals surface area contributed by atoms with Crippen molar-refractivity contribution in [1.82, 2.24) is 10.2 Å². The van der Waals surface area contributed by atoms with Crippen molar-refractivity contribution in [3.8, 4) is 0 Å². The summed E-state index contributed by atoms with van der Waals surface area (Å²) in [4.78, 5) is 13.8. The molecule has 0 unspecified atom stereocenters. The molecule has 14 heavy (non-hydrogen) atoms. The molecular formula is C10H18N2O2. The largest absolute Gasteiger partial charge is 0.378 e. The zero-order chi connectivity index (χ0) is 9.97. The predicted octanol–water partition coefficient (Wildman–Crippen LogP) is -0.157. The second kappa shape index (κ2) is 4.28. The monoisotopic (exact) mass is 198 g/mol. The van der Waals surface area contributed by atoms with Crippen molar-refractivity contribution in [2.24, 2.45) is 5.92 Å². The number of piperidine rings is 1. The van der Waals surface area contributed by atoms with Crippen molar-refractivity contribution in [2.45, 2.75) is 18.9 Å². The number of likely N-dealkylation sites (tertiary alicyclic amines) is 1. The van der Waals surface area contributed by atoms with Crippen LogP contribution >= 0.6 is 0 Å². The minimum atomic E-state index is 0.210. The van der Waals surface area contributed by atoms with E-state index in [2.05, 4.69) is 5.32 Å². The van der Waals surface area contributed by atoms with Crippen molar-refractivity contribution < 1.29 is 9.53 Å². The van der Waals surface area contributed by atoms with E-state index in [1.165, 1.54) is 0 Å². The number of hydrogen-bond acceptors (Lipinski definition) is 3. The lowest BCUT2D eigenvalue weighted by molar-refractivity contribution is -0.147. The molecule has 80 valence electrons. The molecule has 2 aliphatic rings. The van der Waals surface area contributed by atoms with E-state index in [9.17, 15) is 4.79 Å². The number of nitrogens with zero attached hydrogens (tertiary/aromatic N) is 1. The van der Waals surface area contributed by atoms with Crippen LogP contribution in [-0.2, 0) is 9.53 Å².